The Morgan fingerprint density at radius 2 is 1.47 bits per heavy atom. The summed E-state index contributed by atoms with van der Waals surface area (Å²) in [4.78, 5) is 11.0. The minimum Gasteiger partial charge on any atom is -0.491 e. The van der Waals surface area contributed by atoms with Crippen LogP contribution in [-0.2, 0) is 4.74 Å². The number of hydrogen-bond acceptors (Lipinski definition) is 6. The van der Waals surface area contributed by atoms with Crippen molar-refractivity contribution in [1.82, 2.24) is 0 Å². The van der Waals surface area contributed by atoms with E-state index in [2.05, 4.69) is 37.9 Å². The van der Waals surface area contributed by atoms with Crippen molar-refractivity contribution in [3.8, 4) is 5.75 Å². The number of aliphatic hydroxyl groups is 1. The van der Waals surface area contributed by atoms with Gasteiger partial charge in [0.1, 0.15) is 12.4 Å². The highest BCUT2D eigenvalue weighted by atomic mass is 16.5. The maximum Gasteiger partial charge on any atom is 0.335 e. The largest absolute Gasteiger partial charge is 0.491 e. The van der Waals surface area contributed by atoms with Crippen molar-refractivity contribution in [3.05, 3.63) is 53.1 Å². The van der Waals surface area contributed by atoms with Gasteiger partial charge in [0.15, 0.2) is 0 Å². The normalized spacial score (nSPS) is 11.6. The van der Waals surface area contributed by atoms with Crippen molar-refractivity contribution in [2.75, 3.05) is 26.4 Å². The summed E-state index contributed by atoms with van der Waals surface area (Å²) in [5.41, 5.74) is 3.59. The van der Waals surface area contributed by atoms with Crippen LogP contribution in [0.15, 0.2) is 46.6 Å². The van der Waals surface area contributed by atoms with Gasteiger partial charge in [-0.2, -0.15) is 10.2 Å². The van der Waals surface area contributed by atoms with Crippen LogP contribution in [0.3, 0.4) is 0 Å². The van der Waals surface area contributed by atoms with Crippen LogP contribution in [-0.4, -0.2) is 42.6 Å². The van der Waals surface area contributed by atoms with Crippen LogP contribution >= 0.6 is 0 Å². The maximum absolute atomic E-state index is 11.0. The fourth-order valence-electron chi connectivity index (χ4n) is 2.90. The summed E-state index contributed by atoms with van der Waals surface area (Å²) in [5, 5.41) is 26.4. The molecule has 2 aromatic carbocycles. The smallest absolute Gasteiger partial charge is 0.335 e. The topological polar surface area (TPSA) is 101 Å². The van der Waals surface area contributed by atoms with Crippen LogP contribution in [0, 0.1) is 0 Å². The summed E-state index contributed by atoms with van der Waals surface area (Å²) in [6.07, 6.45) is 0. The van der Waals surface area contributed by atoms with Gasteiger partial charge in [-0.1, -0.05) is 27.7 Å². The van der Waals surface area contributed by atoms with Gasteiger partial charge in [0.05, 0.1) is 36.8 Å². The summed E-state index contributed by atoms with van der Waals surface area (Å²) >= 11 is 0. The SMILES string of the molecule is CC(C)c1cc(N=Nc2ccc(C(=O)O)cc2)cc(C(C)C)c1OCCOCCO. The number of carboxylic acid groups (broad SMARTS) is 1. The first kappa shape index (κ1) is 23.5. The second-order valence-electron chi connectivity index (χ2n) is 7.50. The molecule has 0 fully saturated rings. The molecule has 0 aromatic heterocycles. The van der Waals surface area contributed by atoms with Gasteiger partial charge in [-0.05, 0) is 59.4 Å². The number of hydrogen-bond donors (Lipinski definition) is 2. The molecule has 0 aliphatic rings. The average molecular weight is 415 g/mol. The lowest BCUT2D eigenvalue weighted by Crippen LogP contribution is -2.12. The molecule has 0 bridgehead atoms. The van der Waals surface area contributed by atoms with Gasteiger partial charge in [0.25, 0.3) is 0 Å². The number of carbonyl (C=O) groups is 1. The molecule has 0 aliphatic carbocycles. The van der Waals surface area contributed by atoms with Gasteiger partial charge < -0.3 is 19.7 Å². The van der Waals surface area contributed by atoms with Crippen molar-refractivity contribution < 1.29 is 24.5 Å². The van der Waals surface area contributed by atoms with E-state index >= 15 is 0 Å². The minimum atomic E-state index is -0.973. The zero-order valence-corrected chi connectivity index (χ0v) is 18.0. The molecule has 0 aliphatic heterocycles. The number of aromatic carboxylic acids is 1. The van der Waals surface area contributed by atoms with Crippen molar-refractivity contribution in [2.24, 2.45) is 10.2 Å². The van der Waals surface area contributed by atoms with Crippen LogP contribution in [0.1, 0.15) is 61.0 Å². The first-order chi connectivity index (χ1) is 14.3. The van der Waals surface area contributed by atoms with Crippen LogP contribution in [0.2, 0.25) is 0 Å². The highest BCUT2D eigenvalue weighted by Crippen LogP contribution is 2.38. The molecule has 0 unspecified atom stereocenters. The second-order valence-corrected chi connectivity index (χ2v) is 7.50. The molecular weight excluding hydrogens is 384 g/mol. The Kier molecular flexibility index (Phi) is 8.95. The van der Waals surface area contributed by atoms with E-state index in [1.54, 1.807) is 12.1 Å². The molecule has 0 atom stereocenters. The molecule has 7 nitrogen and oxygen atoms in total. The van der Waals surface area contributed by atoms with Crippen molar-refractivity contribution in [2.45, 2.75) is 39.5 Å². The third kappa shape index (κ3) is 6.64. The van der Waals surface area contributed by atoms with E-state index in [4.69, 9.17) is 19.7 Å². The zero-order chi connectivity index (χ0) is 22.1. The molecule has 0 saturated carbocycles. The van der Waals surface area contributed by atoms with Crippen molar-refractivity contribution in [1.29, 1.82) is 0 Å². The van der Waals surface area contributed by atoms with Crippen LogP contribution in [0.25, 0.3) is 0 Å². The minimum absolute atomic E-state index is 0.00672. The molecule has 2 rings (SSSR count). The van der Waals surface area contributed by atoms with E-state index in [-0.39, 0.29) is 24.0 Å². The quantitative estimate of drug-likeness (QED) is 0.377. The van der Waals surface area contributed by atoms with Gasteiger partial charge in [-0.3, -0.25) is 0 Å². The Hall–Kier alpha value is -2.77. The van der Waals surface area contributed by atoms with E-state index < -0.39 is 5.97 Å². The number of rotatable bonds is 11. The fourth-order valence-corrected chi connectivity index (χ4v) is 2.90. The summed E-state index contributed by atoms with van der Waals surface area (Å²) in [6, 6.07) is 10.2. The average Bonchev–Trinajstić information content (AvgIpc) is 2.72. The molecule has 2 N–H and O–H groups in total. The Morgan fingerprint density at radius 1 is 0.900 bits per heavy atom. The number of carboxylic acids is 1. The van der Waals surface area contributed by atoms with E-state index in [1.807, 2.05) is 12.1 Å². The Balaban J connectivity index is 2.28. The number of nitrogens with zero attached hydrogens (tertiary/aromatic N) is 2. The monoisotopic (exact) mass is 414 g/mol. The lowest BCUT2D eigenvalue weighted by atomic mass is 9.93. The molecule has 0 heterocycles. The summed E-state index contributed by atoms with van der Waals surface area (Å²) < 4.78 is 11.4. The van der Waals surface area contributed by atoms with Crippen LogP contribution in [0.5, 0.6) is 5.75 Å². The van der Waals surface area contributed by atoms with Gasteiger partial charge in [-0.25, -0.2) is 4.79 Å². The predicted molar refractivity (Wildman–Crippen MR) is 116 cm³/mol. The Labute approximate surface area is 177 Å². The molecule has 0 spiro atoms. The number of ether oxygens (including phenoxy) is 2. The number of azo groups is 1. The van der Waals surface area contributed by atoms with Crippen molar-refractivity contribution in [3.63, 3.8) is 0 Å². The van der Waals surface area contributed by atoms with Gasteiger partial charge >= 0.3 is 5.97 Å². The van der Waals surface area contributed by atoms with Gasteiger partial charge in [-0.15, -0.1) is 0 Å². The predicted octanol–water partition coefficient (Wildman–Crippen LogP) is 5.43. The first-order valence-electron chi connectivity index (χ1n) is 10.1. The third-order valence-corrected chi connectivity index (χ3v) is 4.48. The highest BCUT2D eigenvalue weighted by molar-refractivity contribution is 5.87. The summed E-state index contributed by atoms with van der Waals surface area (Å²) in [7, 11) is 0. The standard InChI is InChI=1S/C23H30N2O5/c1-15(2)20-13-19(25-24-18-7-5-17(6-8-18)23(27)28)14-21(16(3)4)22(20)30-12-11-29-10-9-26/h5-8,13-16,26H,9-12H2,1-4H3,(H,27,28). The maximum atomic E-state index is 11.0. The molecule has 0 saturated heterocycles. The summed E-state index contributed by atoms with van der Waals surface area (Å²) in [6.45, 7) is 9.48. The fraction of sp³-hybridized carbons (Fsp3) is 0.435. The van der Waals surface area contributed by atoms with E-state index in [0.29, 0.717) is 31.2 Å². The second kappa shape index (κ2) is 11.4. The Bertz CT molecular complexity index is 831. The molecule has 0 radical (unpaired) electrons. The van der Waals surface area contributed by atoms with Crippen molar-refractivity contribution >= 4 is 17.3 Å². The number of aliphatic hydroxyl groups excluding tert-OH is 1. The molecule has 7 heteroatoms. The van der Waals surface area contributed by atoms with E-state index in [9.17, 15) is 4.79 Å². The van der Waals surface area contributed by atoms with Gasteiger partial charge in [0.2, 0.25) is 0 Å². The molecule has 0 amide bonds. The number of benzene rings is 2. The third-order valence-electron chi connectivity index (χ3n) is 4.48. The summed E-state index contributed by atoms with van der Waals surface area (Å²) in [5.74, 6) is 0.318. The van der Waals surface area contributed by atoms with Crippen LogP contribution in [0.4, 0.5) is 11.4 Å². The first-order valence-corrected chi connectivity index (χ1v) is 10.1. The van der Waals surface area contributed by atoms with E-state index in [1.165, 1.54) is 12.1 Å². The zero-order valence-electron chi connectivity index (χ0n) is 18.0. The van der Waals surface area contributed by atoms with E-state index in [0.717, 1.165) is 16.9 Å². The lowest BCUT2D eigenvalue weighted by molar-refractivity contribution is 0.0696. The Morgan fingerprint density at radius 3 is 1.97 bits per heavy atom. The highest BCUT2D eigenvalue weighted by Gasteiger charge is 2.17. The molecule has 162 valence electrons. The van der Waals surface area contributed by atoms with Gasteiger partial charge in [0, 0.05) is 0 Å². The van der Waals surface area contributed by atoms with Crippen LogP contribution < -0.4 is 4.74 Å². The lowest BCUT2D eigenvalue weighted by Gasteiger charge is -2.21. The molecule has 30 heavy (non-hydrogen) atoms. The molecule has 2 aromatic rings. The molecular formula is C23H30N2O5.